The van der Waals surface area contributed by atoms with Crippen LogP contribution >= 0.6 is 0 Å². The van der Waals surface area contributed by atoms with Crippen LogP contribution in [0.1, 0.15) is 53.9 Å². The molecule has 2 unspecified atom stereocenters. The Morgan fingerprint density at radius 1 is 1.27 bits per heavy atom. The third kappa shape index (κ3) is 4.35. The third-order valence-corrected chi connectivity index (χ3v) is 2.72. The second-order valence-electron chi connectivity index (χ2n) is 5.05. The zero-order valence-electron chi connectivity index (χ0n) is 10.7. The molecule has 1 rings (SSSR count). The van der Waals surface area contributed by atoms with E-state index >= 15 is 0 Å². The smallest absolute Gasteiger partial charge is 0.166 e. The zero-order chi connectivity index (χ0) is 11.5. The molecule has 1 aliphatic heterocycles. The first-order valence-corrected chi connectivity index (χ1v) is 5.90. The summed E-state index contributed by atoms with van der Waals surface area (Å²) in [6.45, 7) is 10.5. The summed E-state index contributed by atoms with van der Waals surface area (Å²) >= 11 is 0. The van der Waals surface area contributed by atoms with E-state index in [0.717, 1.165) is 19.3 Å². The van der Waals surface area contributed by atoms with E-state index < -0.39 is 0 Å². The number of allylic oxidation sites excluding steroid dienone is 2. The quantitative estimate of drug-likeness (QED) is 0.665. The summed E-state index contributed by atoms with van der Waals surface area (Å²) in [6.07, 6.45) is 5.82. The van der Waals surface area contributed by atoms with E-state index in [1.807, 2.05) is 0 Å². The highest BCUT2D eigenvalue weighted by molar-refractivity contribution is 4.93. The Bertz CT molecular complexity index is 219. The summed E-state index contributed by atoms with van der Waals surface area (Å²) in [5.41, 5.74) is 1.36. The van der Waals surface area contributed by atoms with Crippen molar-refractivity contribution in [1.29, 1.82) is 0 Å². The molecule has 0 N–H and O–H groups in total. The van der Waals surface area contributed by atoms with Crippen molar-refractivity contribution in [1.82, 2.24) is 0 Å². The molecule has 0 aromatic heterocycles. The molecule has 0 aliphatic carbocycles. The number of hydrogen-bond donors (Lipinski definition) is 0. The van der Waals surface area contributed by atoms with Crippen LogP contribution in [-0.4, -0.2) is 18.0 Å². The van der Waals surface area contributed by atoms with Gasteiger partial charge in [-0.3, -0.25) is 0 Å². The summed E-state index contributed by atoms with van der Waals surface area (Å²) in [4.78, 5) is 0. The Morgan fingerprint density at radius 3 is 2.27 bits per heavy atom. The first-order chi connectivity index (χ1) is 6.91. The van der Waals surface area contributed by atoms with E-state index in [4.69, 9.17) is 9.47 Å². The molecule has 0 amide bonds. The molecule has 0 spiro atoms. The Morgan fingerprint density at radius 2 is 1.80 bits per heavy atom. The second-order valence-corrected chi connectivity index (χ2v) is 5.05. The van der Waals surface area contributed by atoms with Crippen molar-refractivity contribution in [3.05, 3.63) is 11.6 Å². The topological polar surface area (TPSA) is 18.5 Å². The summed E-state index contributed by atoms with van der Waals surface area (Å²) in [6, 6.07) is 0. The molecule has 1 fully saturated rings. The van der Waals surface area contributed by atoms with Gasteiger partial charge in [-0.25, -0.2) is 0 Å². The summed E-state index contributed by atoms with van der Waals surface area (Å²) < 4.78 is 11.7. The van der Waals surface area contributed by atoms with Gasteiger partial charge in [0.15, 0.2) is 5.79 Å². The number of hydrogen-bond acceptors (Lipinski definition) is 2. The van der Waals surface area contributed by atoms with Crippen LogP contribution in [-0.2, 0) is 9.47 Å². The third-order valence-electron chi connectivity index (χ3n) is 2.72. The maximum absolute atomic E-state index is 5.87. The van der Waals surface area contributed by atoms with Crippen LogP contribution in [0, 0.1) is 0 Å². The highest BCUT2D eigenvalue weighted by Crippen LogP contribution is 2.30. The van der Waals surface area contributed by atoms with Crippen molar-refractivity contribution >= 4 is 0 Å². The molecular formula is C13H24O2. The maximum atomic E-state index is 5.87. The Balaban J connectivity index is 2.46. The number of ether oxygens (including phenoxy) is 2. The molecule has 1 aliphatic rings. The first-order valence-electron chi connectivity index (χ1n) is 5.90. The Hall–Kier alpha value is -0.340. The van der Waals surface area contributed by atoms with Crippen LogP contribution in [0.5, 0.6) is 0 Å². The summed E-state index contributed by atoms with van der Waals surface area (Å²) in [5.74, 6) is -0.386. The lowest BCUT2D eigenvalue weighted by Crippen LogP contribution is -2.44. The van der Waals surface area contributed by atoms with Gasteiger partial charge >= 0.3 is 0 Å². The van der Waals surface area contributed by atoms with E-state index in [2.05, 4.69) is 40.7 Å². The van der Waals surface area contributed by atoms with Crippen LogP contribution in [0.2, 0.25) is 0 Å². The van der Waals surface area contributed by atoms with Crippen LogP contribution in [0.15, 0.2) is 11.6 Å². The molecule has 1 heterocycles. The average Bonchev–Trinajstić information content (AvgIpc) is 1.98. The van der Waals surface area contributed by atoms with Gasteiger partial charge in [0.2, 0.25) is 0 Å². The highest BCUT2D eigenvalue weighted by Gasteiger charge is 2.34. The fraction of sp³-hybridized carbons (Fsp3) is 0.846. The predicted molar refractivity (Wildman–Crippen MR) is 62.8 cm³/mol. The van der Waals surface area contributed by atoms with E-state index in [1.54, 1.807) is 0 Å². The molecule has 88 valence electrons. The second kappa shape index (κ2) is 5.13. The molecular weight excluding hydrogens is 188 g/mol. The van der Waals surface area contributed by atoms with E-state index in [9.17, 15) is 0 Å². The molecule has 0 aromatic rings. The predicted octanol–water partition coefficient (Wildman–Crippen LogP) is 3.66. The fourth-order valence-corrected chi connectivity index (χ4v) is 2.18. The lowest BCUT2D eigenvalue weighted by Gasteiger charge is -2.40. The Kier molecular flexibility index (Phi) is 4.35. The van der Waals surface area contributed by atoms with Crippen molar-refractivity contribution in [2.45, 2.75) is 71.9 Å². The van der Waals surface area contributed by atoms with Crippen molar-refractivity contribution in [3.8, 4) is 0 Å². The highest BCUT2D eigenvalue weighted by atomic mass is 16.7. The van der Waals surface area contributed by atoms with Crippen molar-refractivity contribution in [2.75, 3.05) is 0 Å². The first kappa shape index (κ1) is 12.7. The lowest BCUT2D eigenvalue weighted by molar-refractivity contribution is -0.304. The minimum atomic E-state index is -0.386. The van der Waals surface area contributed by atoms with E-state index in [-0.39, 0.29) is 5.79 Å². The van der Waals surface area contributed by atoms with E-state index in [0.29, 0.717) is 12.2 Å². The standard InChI is InChI=1S/C13H24O2/c1-10(2)7-6-8-13(5)14-11(3)9-12(4)15-13/h7,11-12H,6,8-9H2,1-5H3. The van der Waals surface area contributed by atoms with Crippen molar-refractivity contribution in [2.24, 2.45) is 0 Å². The van der Waals surface area contributed by atoms with Gasteiger partial charge in [-0.1, -0.05) is 11.6 Å². The maximum Gasteiger partial charge on any atom is 0.166 e. The van der Waals surface area contributed by atoms with Crippen LogP contribution < -0.4 is 0 Å². The van der Waals surface area contributed by atoms with Gasteiger partial charge in [-0.15, -0.1) is 0 Å². The van der Waals surface area contributed by atoms with Gasteiger partial charge in [0.1, 0.15) is 0 Å². The minimum Gasteiger partial charge on any atom is -0.347 e. The summed E-state index contributed by atoms with van der Waals surface area (Å²) in [5, 5.41) is 0. The van der Waals surface area contributed by atoms with Gasteiger partial charge < -0.3 is 9.47 Å². The van der Waals surface area contributed by atoms with Gasteiger partial charge in [0, 0.05) is 6.42 Å². The molecule has 2 atom stereocenters. The van der Waals surface area contributed by atoms with Crippen LogP contribution in [0.3, 0.4) is 0 Å². The fourth-order valence-electron chi connectivity index (χ4n) is 2.18. The average molecular weight is 212 g/mol. The summed E-state index contributed by atoms with van der Waals surface area (Å²) in [7, 11) is 0. The SMILES string of the molecule is CC(C)=CCCC1(C)OC(C)CC(C)O1. The molecule has 0 bridgehead atoms. The van der Waals surface area contributed by atoms with Gasteiger partial charge in [-0.2, -0.15) is 0 Å². The van der Waals surface area contributed by atoms with E-state index in [1.165, 1.54) is 5.57 Å². The van der Waals surface area contributed by atoms with Gasteiger partial charge in [0.05, 0.1) is 12.2 Å². The number of rotatable bonds is 3. The molecule has 15 heavy (non-hydrogen) atoms. The van der Waals surface area contributed by atoms with Crippen molar-refractivity contribution < 1.29 is 9.47 Å². The van der Waals surface area contributed by atoms with Gasteiger partial charge in [-0.05, 0) is 47.5 Å². The van der Waals surface area contributed by atoms with Crippen LogP contribution in [0.4, 0.5) is 0 Å². The lowest BCUT2D eigenvalue weighted by atomic mass is 10.1. The van der Waals surface area contributed by atoms with Crippen molar-refractivity contribution in [3.63, 3.8) is 0 Å². The van der Waals surface area contributed by atoms with Crippen LogP contribution in [0.25, 0.3) is 0 Å². The monoisotopic (exact) mass is 212 g/mol. The molecule has 2 nitrogen and oxygen atoms in total. The largest absolute Gasteiger partial charge is 0.347 e. The molecule has 0 aromatic carbocycles. The molecule has 0 radical (unpaired) electrons. The van der Waals surface area contributed by atoms with Gasteiger partial charge in [0.25, 0.3) is 0 Å². The zero-order valence-corrected chi connectivity index (χ0v) is 10.7. The molecule has 2 heteroatoms. The minimum absolute atomic E-state index is 0.311. The normalized spacial score (nSPS) is 36.3. The Labute approximate surface area is 93.7 Å². The molecule has 1 saturated heterocycles. The molecule has 0 saturated carbocycles.